The standard InChI is InChI=1S/C11H13ClN2/c1-8(6-13)7-14-10-5-3-4-9(2)11(10)12/h3-5,8,14H,7H2,1-2H3. The van der Waals surface area contributed by atoms with Crippen LogP contribution < -0.4 is 5.32 Å². The summed E-state index contributed by atoms with van der Waals surface area (Å²) in [6.45, 7) is 4.46. The van der Waals surface area contributed by atoms with Gasteiger partial charge in [0.15, 0.2) is 0 Å². The molecule has 0 fully saturated rings. The van der Waals surface area contributed by atoms with Crippen LogP contribution in [0.3, 0.4) is 0 Å². The van der Waals surface area contributed by atoms with Crippen LogP contribution in [0.15, 0.2) is 18.2 Å². The van der Waals surface area contributed by atoms with Gasteiger partial charge in [0.25, 0.3) is 0 Å². The number of nitrogens with one attached hydrogen (secondary N) is 1. The van der Waals surface area contributed by atoms with E-state index in [0.717, 1.165) is 16.3 Å². The maximum absolute atomic E-state index is 8.61. The summed E-state index contributed by atoms with van der Waals surface area (Å²) in [6.07, 6.45) is 0. The molecule has 1 N–H and O–H groups in total. The smallest absolute Gasteiger partial charge is 0.0671 e. The highest BCUT2D eigenvalue weighted by atomic mass is 35.5. The van der Waals surface area contributed by atoms with Crippen molar-refractivity contribution < 1.29 is 0 Å². The second kappa shape index (κ2) is 4.88. The number of benzene rings is 1. The van der Waals surface area contributed by atoms with E-state index in [4.69, 9.17) is 16.9 Å². The largest absolute Gasteiger partial charge is 0.383 e. The molecule has 2 nitrogen and oxygen atoms in total. The Labute approximate surface area is 89.5 Å². The molecular formula is C11H13ClN2. The van der Waals surface area contributed by atoms with Gasteiger partial charge in [-0.15, -0.1) is 0 Å². The number of nitrogens with zero attached hydrogens (tertiary/aromatic N) is 1. The zero-order valence-corrected chi connectivity index (χ0v) is 9.10. The number of halogens is 1. The average Bonchev–Trinajstić information content (AvgIpc) is 2.20. The molecule has 1 atom stereocenters. The molecule has 0 bridgehead atoms. The van der Waals surface area contributed by atoms with Crippen molar-refractivity contribution in [3.8, 4) is 6.07 Å². The molecule has 0 aliphatic carbocycles. The second-order valence-electron chi connectivity index (χ2n) is 3.35. The fraction of sp³-hybridized carbons (Fsp3) is 0.364. The summed E-state index contributed by atoms with van der Waals surface area (Å²) in [7, 11) is 0. The molecule has 0 aliphatic heterocycles. The van der Waals surface area contributed by atoms with Crippen LogP contribution in [0.1, 0.15) is 12.5 Å². The predicted octanol–water partition coefficient (Wildman–Crippen LogP) is 3.22. The van der Waals surface area contributed by atoms with E-state index in [9.17, 15) is 0 Å². The lowest BCUT2D eigenvalue weighted by Gasteiger charge is -2.10. The first-order valence-electron chi connectivity index (χ1n) is 4.53. The molecule has 3 heteroatoms. The molecule has 1 rings (SSSR count). The van der Waals surface area contributed by atoms with Gasteiger partial charge in [0.05, 0.1) is 22.7 Å². The Hall–Kier alpha value is -1.20. The van der Waals surface area contributed by atoms with Gasteiger partial charge in [-0.2, -0.15) is 5.26 Å². The Morgan fingerprint density at radius 3 is 2.93 bits per heavy atom. The Balaban J connectivity index is 2.69. The number of anilines is 1. The van der Waals surface area contributed by atoms with Crippen molar-refractivity contribution >= 4 is 17.3 Å². The van der Waals surface area contributed by atoms with Crippen LogP contribution in [0, 0.1) is 24.2 Å². The third-order valence-electron chi connectivity index (χ3n) is 2.01. The number of aryl methyl sites for hydroxylation is 1. The molecule has 0 amide bonds. The van der Waals surface area contributed by atoms with Crippen LogP contribution in [-0.2, 0) is 0 Å². The van der Waals surface area contributed by atoms with E-state index >= 15 is 0 Å². The van der Waals surface area contributed by atoms with E-state index in [1.807, 2.05) is 32.0 Å². The van der Waals surface area contributed by atoms with Crippen molar-refractivity contribution in [3.63, 3.8) is 0 Å². The minimum Gasteiger partial charge on any atom is -0.383 e. The van der Waals surface area contributed by atoms with E-state index in [-0.39, 0.29) is 5.92 Å². The summed E-state index contributed by atoms with van der Waals surface area (Å²) in [5, 5.41) is 12.5. The van der Waals surface area contributed by atoms with Crippen LogP contribution in [0.4, 0.5) is 5.69 Å². The molecule has 0 heterocycles. The first-order chi connectivity index (χ1) is 6.65. The van der Waals surface area contributed by atoms with Crippen LogP contribution in [0.2, 0.25) is 5.02 Å². The van der Waals surface area contributed by atoms with Crippen LogP contribution in [0.25, 0.3) is 0 Å². The average molecular weight is 209 g/mol. The third kappa shape index (κ3) is 2.65. The van der Waals surface area contributed by atoms with Crippen molar-refractivity contribution in [2.45, 2.75) is 13.8 Å². The molecule has 14 heavy (non-hydrogen) atoms. The molecular weight excluding hydrogens is 196 g/mol. The Bertz CT molecular complexity index is 355. The third-order valence-corrected chi connectivity index (χ3v) is 2.51. The van der Waals surface area contributed by atoms with E-state index in [1.54, 1.807) is 0 Å². The van der Waals surface area contributed by atoms with Gasteiger partial charge in [-0.05, 0) is 25.5 Å². The highest BCUT2D eigenvalue weighted by molar-refractivity contribution is 6.33. The van der Waals surface area contributed by atoms with Gasteiger partial charge >= 0.3 is 0 Å². The normalized spacial score (nSPS) is 11.9. The number of nitriles is 1. The molecule has 0 spiro atoms. The maximum atomic E-state index is 8.61. The summed E-state index contributed by atoms with van der Waals surface area (Å²) in [6, 6.07) is 7.98. The van der Waals surface area contributed by atoms with E-state index in [2.05, 4.69) is 11.4 Å². The van der Waals surface area contributed by atoms with E-state index < -0.39 is 0 Å². The second-order valence-corrected chi connectivity index (χ2v) is 3.73. The van der Waals surface area contributed by atoms with Gasteiger partial charge < -0.3 is 5.32 Å². The first-order valence-corrected chi connectivity index (χ1v) is 4.91. The molecule has 0 radical (unpaired) electrons. The highest BCUT2D eigenvalue weighted by Gasteiger charge is 2.03. The Kier molecular flexibility index (Phi) is 3.79. The highest BCUT2D eigenvalue weighted by Crippen LogP contribution is 2.24. The summed E-state index contributed by atoms with van der Waals surface area (Å²) < 4.78 is 0. The van der Waals surface area contributed by atoms with E-state index in [1.165, 1.54) is 0 Å². The quantitative estimate of drug-likeness (QED) is 0.828. The van der Waals surface area contributed by atoms with E-state index in [0.29, 0.717) is 6.54 Å². The van der Waals surface area contributed by atoms with Gasteiger partial charge in [0.2, 0.25) is 0 Å². The Morgan fingerprint density at radius 2 is 2.29 bits per heavy atom. The van der Waals surface area contributed by atoms with Crippen LogP contribution in [-0.4, -0.2) is 6.54 Å². The topological polar surface area (TPSA) is 35.8 Å². The summed E-state index contributed by atoms with van der Waals surface area (Å²) in [5.74, 6) is -0.00780. The summed E-state index contributed by atoms with van der Waals surface area (Å²) >= 11 is 6.07. The SMILES string of the molecule is Cc1cccc(NCC(C)C#N)c1Cl. The van der Waals surface area contributed by atoms with Gasteiger partial charge in [-0.3, -0.25) is 0 Å². The molecule has 74 valence electrons. The summed E-state index contributed by atoms with van der Waals surface area (Å²) in [4.78, 5) is 0. The zero-order valence-electron chi connectivity index (χ0n) is 8.34. The lowest BCUT2D eigenvalue weighted by molar-refractivity contribution is 0.786. The van der Waals surface area contributed by atoms with Crippen LogP contribution in [0.5, 0.6) is 0 Å². The minimum atomic E-state index is -0.00780. The molecule has 1 unspecified atom stereocenters. The van der Waals surface area contributed by atoms with Crippen molar-refractivity contribution in [3.05, 3.63) is 28.8 Å². The Morgan fingerprint density at radius 1 is 1.57 bits per heavy atom. The number of rotatable bonds is 3. The molecule has 1 aromatic carbocycles. The lowest BCUT2D eigenvalue weighted by Crippen LogP contribution is -2.09. The van der Waals surface area contributed by atoms with Crippen LogP contribution >= 0.6 is 11.6 Å². The first kappa shape index (κ1) is 10.9. The predicted molar refractivity (Wildman–Crippen MR) is 59.5 cm³/mol. The van der Waals surface area contributed by atoms with Gasteiger partial charge in [-0.25, -0.2) is 0 Å². The molecule has 0 saturated carbocycles. The monoisotopic (exact) mass is 208 g/mol. The van der Waals surface area contributed by atoms with Gasteiger partial charge in [0, 0.05) is 6.54 Å². The van der Waals surface area contributed by atoms with Gasteiger partial charge in [0.1, 0.15) is 0 Å². The van der Waals surface area contributed by atoms with Crippen molar-refractivity contribution in [2.75, 3.05) is 11.9 Å². The fourth-order valence-electron chi connectivity index (χ4n) is 1.09. The molecule has 0 saturated heterocycles. The lowest BCUT2D eigenvalue weighted by atomic mass is 10.2. The molecule has 1 aromatic rings. The minimum absolute atomic E-state index is 0.00780. The van der Waals surface area contributed by atoms with Crippen molar-refractivity contribution in [1.82, 2.24) is 0 Å². The maximum Gasteiger partial charge on any atom is 0.0671 e. The van der Waals surface area contributed by atoms with Crippen molar-refractivity contribution in [2.24, 2.45) is 5.92 Å². The molecule has 0 aromatic heterocycles. The number of hydrogen-bond donors (Lipinski definition) is 1. The van der Waals surface area contributed by atoms with Gasteiger partial charge in [-0.1, -0.05) is 23.7 Å². The zero-order chi connectivity index (χ0) is 10.6. The number of hydrogen-bond acceptors (Lipinski definition) is 2. The molecule has 0 aliphatic rings. The van der Waals surface area contributed by atoms with Crippen molar-refractivity contribution in [1.29, 1.82) is 5.26 Å². The summed E-state index contributed by atoms with van der Waals surface area (Å²) in [5.41, 5.74) is 1.94. The fourth-order valence-corrected chi connectivity index (χ4v) is 1.29.